The van der Waals surface area contributed by atoms with Crippen molar-refractivity contribution in [3.05, 3.63) is 18.7 Å². The molecule has 1 aromatic rings. The molecule has 0 spiro atoms. The highest BCUT2D eigenvalue weighted by molar-refractivity contribution is 5.76. The first-order chi connectivity index (χ1) is 6.79. The average molecular weight is 191 g/mol. The summed E-state index contributed by atoms with van der Waals surface area (Å²) in [7, 11) is 0. The summed E-state index contributed by atoms with van der Waals surface area (Å²) >= 11 is 0. The Kier molecular flexibility index (Phi) is 3.74. The highest BCUT2D eigenvalue weighted by atomic mass is 16.2. The smallest absolute Gasteiger partial charge is 0.313 e. The van der Waals surface area contributed by atoms with E-state index in [-0.39, 0.29) is 6.03 Å². The molecule has 0 aliphatic rings. The first-order valence-corrected chi connectivity index (χ1v) is 4.50. The molecule has 0 bridgehead atoms. The van der Waals surface area contributed by atoms with E-state index < -0.39 is 0 Å². The molecule has 4 heteroatoms. The summed E-state index contributed by atoms with van der Waals surface area (Å²) in [5, 5.41) is 0. The number of amides is 1. The zero-order valence-electron chi connectivity index (χ0n) is 8.18. The molecule has 14 heavy (non-hydrogen) atoms. The van der Waals surface area contributed by atoms with Crippen LogP contribution in [0.5, 0.6) is 0 Å². The fraction of sp³-hybridized carbons (Fsp3) is 0.400. The fourth-order valence-corrected chi connectivity index (χ4v) is 1.16. The lowest BCUT2D eigenvalue weighted by Crippen LogP contribution is -2.35. The molecular weight excluding hydrogens is 178 g/mol. The number of terminal acetylenes is 1. The molecule has 0 saturated heterocycles. The van der Waals surface area contributed by atoms with Crippen molar-refractivity contribution in [2.24, 2.45) is 0 Å². The number of hydrogen-bond donors (Lipinski definition) is 0. The molecule has 0 atom stereocenters. The van der Waals surface area contributed by atoms with Crippen molar-refractivity contribution >= 4 is 6.03 Å². The van der Waals surface area contributed by atoms with Crippen LogP contribution in [0.4, 0.5) is 4.79 Å². The minimum absolute atomic E-state index is 0.123. The molecule has 0 saturated carbocycles. The van der Waals surface area contributed by atoms with Crippen LogP contribution in [0, 0.1) is 12.3 Å². The second kappa shape index (κ2) is 5.07. The van der Waals surface area contributed by atoms with Gasteiger partial charge >= 0.3 is 6.03 Å². The van der Waals surface area contributed by atoms with E-state index in [1.54, 1.807) is 17.3 Å². The summed E-state index contributed by atoms with van der Waals surface area (Å²) in [6.45, 7) is 3.01. The van der Waals surface area contributed by atoms with Gasteiger partial charge in [0.05, 0.1) is 6.54 Å². The van der Waals surface area contributed by atoms with Gasteiger partial charge in [0.15, 0.2) is 0 Å². The zero-order chi connectivity index (χ0) is 10.4. The largest absolute Gasteiger partial charge is 0.330 e. The molecule has 0 aliphatic carbocycles. The SMILES string of the molecule is C#CCN(CCC)C(=O)n1ccnc1. The summed E-state index contributed by atoms with van der Waals surface area (Å²) in [6.07, 6.45) is 10.7. The topological polar surface area (TPSA) is 38.1 Å². The van der Waals surface area contributed by atoms with E-state index in [2.05, 4.69) is 10.9 Å². The lowest BCUT2D eigenvalue weighted by atomic mass is 10.4. The van der Waals surface area contributed by atoms with Gasteiger partial charge in [0.1, 0.15) is 6.33 Å². The number of aromatic nitrogens is 2. The summed E-state index contributed by atoms with van der Waals surface area (Å²) in [5.74, 6) is 2.47. The van der Waals surface area contributed by atoms with Gasteiger partial charge in [-0.1, -0.05) is 12.8 Å². The minimum Gasteiger partial charge on any atom is -0.313 e. The zero-order valence-corrected chi connectivity index (χ0v) is 8.18. The van der Waals surface area contributed by atoms with Gasteiger partial charge in [0.2, 0.25) is 0 Å². The van der Waals surface area contributed by atoms with Gasteiger partial charge in [-0.3, -0.25) is 4.57 Å². The summed E-state index contributed by atoms with van der Waals surface area (Å²) in [4.78, 5) is 17.2. The standard InChI is InChI=1S/C10H13N3O/c1-3-6-12(7-4-2)10(14)13-8-5-11-9-13/h1,5,8-9H,4,6-7H2,2H3. The maximum absolute atomic E-state index is 11.7. The van der Waals surface area contributed by atoms with Crippen molar-refractivity contribution in [2.45, 2.75) is 13.3 Å². The van der Waals surface area contributed by atoms with Gasteiger partial charge in [-0.15, -0.1) is 6.42 Å². The van der Waals surface area contributed by atoms with E-state index >= 15 is 0 Å². The van der Waals surface area contributed by atoms with Crippen molar-refractivity contribution in [1.29, 1.82) is 0 Å². The second-order valence-corrected chi connectivity index (χ2v) is 2.88. The first kappa shape index (κ1) is 10.3. The third-order valence-electron chi connectivity index (χ3n) is 1.77. The van der Waals surface area contributed by atoms with Gasteiger partial charge in [0.25, 0.3) is 0 Å². The number of nitrogens with zero attached hydrogens (tertiary/aromatic N) is 3. The van der Waals surface area contributed by atoms with Crippen molar-refractivity contribution in [3.63, 3.8) is 0 Å². The van der Waals surface area contributed by atoms with Gasteiger partial charge in [-0.2, -0.15) is 0 Å². The maximum Gasteiger partial charge on any atom is 0.330 e. The molecule has 0 aromatic carbocycles. The molecule has 1 amide bonds. The number of imidazole rings is 1. The van der Waals surface area contributed by atoms with E-state index in [9.17, 15) is 4.79 Å². The van der Waals surface area contributed by atoms with Crippen LogP contribution in [0.1, 0.15) is 13.3 Å². The summed E-state index contributed by atoms with van der Waals surface area (Å²) in [5.41, 5.74) is 0. The van der Waals surface area contributed by atoms with Crippen molar-refractivity contribution in [3.8, 4) is 12.3 Å². The minimum atomic E-state index is -0.123. The molecule has 0 aliphatic heterocycles. The van der Waals surface area contributed by atoms with Crippen LogP contribution in [0.15, 0.2) is 18.7 Å². The lowest BCUT2D eigenvalue weighted by molar-refractivity contribution is 0.206. The first-order valence-electron chi connectivity index (χ1n) is 4.50. The average Bonchev–Trinajstić information content (AvgIpc) is 2.69. The maximum atomic E-state index is 11.7. The predicted octanol–water partition coefficient (Wildman–Crippen LogP) is 1.20. The Labute approximate surface area is 83.5 Å². The molecule has 0 N–H and O–H groups in total. The second-order valence-electron chi connectivity index (χ2n) is 2.88. The van der Waals surface area contributed by atoms with Crippen molar-refractivity contribution in [2.75, 3.05) is 13.1 Å². The molecule has 4 nitrogen and oxygen atoms in total. The van der Waals surface area contributed by atoms with Crippen molar-refractivity contribution in [1.82, 2.24) is 14.5 Å². The van der Waals surface area contributed by atoms with Crippen LogP contribution >= 0.6 is 0 Å². The van der Waals surface area contributed by atoms with Crippen molar-refractivity contribution < 1.29 is 4.79 Å². The van der Waals surface area contributed by atoms with Gasteiger partial charge < -0.3 is 4.90 Å². The summed E-state index contributed by atoms with van der Waals surface area (Å²) in [6, 6.07) is -0.123. The quantitative estimate of drug-likeness (QED) is 0.673. The monoisotopic (exact) mass is 191 g/mol. The Morgan fingerprint density at radius 2 is 2.50 bits per heavy atom. The Balaban J connectivity index is 2.69. The number of carbonyl (C=O) groups is 1. The lowest BCUT2D eigenvalue weighted by Gasteiger charge is -2.18. The Morgan fingerprint density at radius 1 is 1.71 bits per heavy atom. The molecule has 0 radical (unpaired) electrons. The van der Waals surface area contributed by atoms with E-state index in [1.165, 1.54) is 10.9 Å². The normalized spacial score (nSPS) is 9.43. The third kappa shape index (κ3) is 2.36. The molecular formula is C10H13N3O. The van der Waals surface area contributed by atoms with Crippen LogP contribution in [0.2, 0.25) is 0 Å². The van der Waals surface area contributed by atoms with E-state index in [0.29, 0.717) is 13.1 Å². The number of hydrogen-bond acceptors (Lipinski definition) is 2. The van der Waals surface area contributed by atoms with Crippen LogP contribution < -0.4 is 0 Å². The van der Waals surface area contributed by atoms with Gasteiger partial charge in [-0.05, 0) is 6.42 Å². The van der Waals surface area contributed by atoms with E-state index in [1.807, 2.05) is 6.92 Å². The van der Waals surface area contributed by atoms with E-state index in [0.717, 1.165) is 6.42 Å². The highest BCUT2D eigenvalue weighted by Crippen LogP contribution is 1.97. The Hall–Kier alpha value is -1.76. The molecule has 74 valence electrons. The Bertz CT molecular complexity index is 324. The van der Waals surface area contributed by atoms with Crippen LogP contribution in [0.25, 0.3) is 0 Å². The van der Waals surface area contributed by atoms with Crippen LogP contribution in [0.3, 0.4) is 0 Å². The van der Waals surface area contributed by atoms with Gasteiger partial charge in [-0.25, -0.2) is 9.78 Å². The van der Waals surface area contributed by atoms with Crippen LogP contribution in [-0.4, -0.2) is 33.6 Å². The van der Waals surface area contributed by atoms with Crippen LogP contribution in [-0.2, 0) is 0 Å². The molecule has 0 unspecified atom stereocenters. The predicted molar refractivity (Wildman–Crippen MR) is 53.7 cm³/mol. The molecule has 0 fully saturated rings. The third-order valence-corrected chi connectivity index (χ3v) is 1.77. The number of carbonyl (C=O) groups excluding carboxylic acids is 1. The molecule has 1 heterocycles. The molecule has 1 rings (SSSR count). The summed E-state index contributed by atoms with van der Waals surface area (Å²) < 4.78 is 1.42. The fourth-order valence-electron chi connectivity index (χ4n) is 1.16. The molecule has 1 aromatic heterocycles. The van der Waals surface area contributed by atoms with Gasteiger partial charge in [0, 0.05) is 18.9 Å². The van der Waals surface area contributed by atoms with E-state index in [4.69, 9.17) is 6.42 Å². The number of rotatable bonds is 3. The highest BCUT2D eigenvalue weighted by Gasteiger charge is 2.12. The Morgan fingerprint density at radius 3 is 3.00 bits per heavy atom.